The van der Waals surface area contributed by atoms with Crippen LogP contribution in [-0.4, -0.2) is 61.6 Å². The molecule has 1 saturated heterocycles. The van der Waals surface area contributed by atoms with Crippen LogP contribution >= 0.6 is 11.6 Å². The maximum atomic E-state index is 12.8. The Morgan fingerprint density at radius 3 is 2.44 bits per heavy atom. The number of ether oxygens (including phenoxy) is 2. The lowest BCUT2D eigenvalue weighted by Gasteiger charge is -2.34. The van der Waals surface area contributed by atoms with Gasteiger partial charge in [-0.05, 0) is 32.0 Å². The Morgan fingerprint density at radius 1 is 1.12 bits per heavy atom. The van der Waals surface area contributed by atoms with Crippen molar-refractivity contribution >= 4 is 17.5 Å². The highest BCUT2D eigenvalue weighted by Crippen LogP contribution is 2.37. The zero-order valence-electron chi connectivity index (χ0n) is 15.5. The first-order valence-corrected chi connectivity index (χ1v) is 9.59. The Kier molecular flexibility index (Phi) is 7.85. The van der Waals surface area contributed by atoms with Gasteiger partial charge in [-0.15, -0.1) is 0 Å². The van der Waals surface area contributed by atoms with Crippen molar-refractivity contribution in [3.8, 4) is 11.5 Å². The Hall–Kier alpha value is -1.46. The Labute approximate surface area is 155 Å². The summed E-state index contributed by atoms with van der Waals surface area (Å²) in [6.07, 6.45) is 1.99. The molecule has 5 nitrogen and oxygen atoms in total. The molecular weight excluding hydrogens is 340 g/mol. The van der Waals surface area contributed by atoms with E-state index in [-0.39, 0.29) is 5.91 Å². The van der Waals surface area contributed by atoms with Gasteiger partial charge in [0.2, 0.25) is 0 Å². The molecule has 0 atom stereocenters. The summed E-state index contributed by atoms with van der Waals surface area (Å²) in [7, 11) is 0. The first-order chi connectivity index (χ1) is 12.1. The highest BCUT2D eigenvalue weighted by Gasteiger charge is 2.23. The summed E-state index contributed by atoms with van der Waals surface area (Å²) >= 11 is 6.39. The predicted octanol–water partition coefficient (Wildman–Crippen LogP) is 3.70. The molecule has 2 rings (SSSR count). The molecule has 1 aliphatic heterocycles. The van der Waals surface area contributed by atoms with E-state index in [4.69, 9.17) is 21.1 Å². The number of nitrogens with zero attached hydrogens (tertiary/aromatic N) is 2. The summed E-state index contributed by atoms with van der Waals surface area (Å²) in [4.78, 5) is 17.0. The van der Waals surface area contributed by atoms with Crippen molar-refractivity contribution in [2.75, 3.05) is 45.9 Å². The lowest BCUT2D eigenvalue weighted by Crippen LogP contribution is -2.48. The van der Waals surface area contributed by atoms with Gasteiger partial charge in [0, 0.05) is 31.7 Å². The van der Waals surface area contributed by atoms with Crippen LogP contribution in [0.5, 0.6) is 11.5 Å². The van der Waals surface area contributed by atoms with Gasteiger partial charge in [0.15, 0.2) is 11.5 Å². The molecule has 0 radical (unpaired) electrons. The molecule has 0 N–H and O–H groups in total. The van der Waals surface area contributed by atoms with Crippen LogP contribution in [0.3, 0.4) is 0 Å². The molecule has 1 aromatic carbocycles. The molecule has 25 heavy (non-hydrogen) atoms. The molecule has 1 amide bonds. The third kappa shape index (κ3) is 5.25. The van der Waals surface area contributed by atoms with Crippen molar-refractivity contribution in [1.82, 2.24) is 9.80 Å². The predicted molar refractivity (Wildman–Crippen MR) is 101 cm³/mol. The fraction of sp³-hybridized carbons (Fsp3) is 0.632. The molecule has 0 saturated carbocycles. The smallest absolute Gasteiger partial charge is 0.254 e. The van der Waals surface area contributed by atoms with Crippen LogP contribution in [0.4, 0.5) is 0 Å². The number of likely N-dealkylation sites (N-methyl/N-ethyl adjacent to an activating group) is 1. The van der Waals surface area contributed by atoms with Crippen molar-refractivity contribution in [2.45, 2.75) is 33.6 Å². The number of hydrogen-bond donors (Lipinski definition) is 0. The van der Waals surface area contributed by atoms with E-state index in [1.54, 1.807) is 12.1 Å². The van der Waals surface area contributed by atoms with E-state index in [9.17, 15) is 4.79 Å². The van der Waals surface area contributed by atoms with Gasteiger partial charge >= 0.3 is 0 Å². The number of piperazine rings is 1. The molecule has 0 bridgehead atoms. The van der Waals surface area contributed by atoms with Gasteiger partial charge < -0.3 is 19.3 Å². The second-order valence-electron chi connectivity index (χ2n) is 6.15. The van der Waals surface area contributed by atoms with Gasteiger partial charge in [-0.2, -0.15) is 0 Å². The minimum absolute atomic E-state index is 0.00119. The van der Waals surface area contributed by atoms with Gasteiger partial charge in [0.05, 0.1) is 18.2 Å². The standard InChI is InChI=1S/C19H29ClN2O3/c1-4-7-12-25-18-16(20)13-15(14-17(18)24-6-3)19(23)22-10-8-21(5-2)9-11-22/h13-14H,4-12H2,1-3H3. The van der Waals surface area contributed by atoms with Crippen molar-refractivity contribution in [3.63, 3.8) is 0 Å². The normalized spacial score (nSPS) is 15.3. The second kappa shape index (κ2) is 9.88. The van der Waals surface area contributed by atoms with Gasteiger partial charge in [-0.3, -0.25) is 4.79 Å². The van der Waals surface area contributed by atoms with Crippen LogP contribution in [0.25, 0.3) is 0 Å². The largest absolute Gasteiger partial charge is 0.490 e. The summed E-state index contributed by atoms with van der Waals surface area (Å²) in [6.45, 7) is 11.5. The number of unbranched alkanes of at least 4 members (excludes halogenated alkanes) is 1. The first kappa shape index (κ1) is 19.9. The van der Waals surface area contributed by atoms with Crippen LogP contribution in [0.1, 0.15) is 44.0 Å². The molecule has 1 aromatic rings. The topological polar surface area (TPSA) is 42.0 Å². The number of carbonyl (C=O) groups excluding carboxylic acids is 1. The fourth-order valence-corrected chi connectivity index (χ4v) is 3.13. The van der Waals surface area contributed by atoms with Crippen LogP contribution in [0, 0.1) is 0 Å². The molecule has 0 spiro atoms. The van der Waals surface area contributed by atoms with E-state index in [0.717, 1.165) is 45.6 Å². The van der Waals surface area contributed by atoms with Crippen LogP contribution in [-0.2, 0) is 0 Å². The van der Waals surface area contributed by atoms with Gasteiger partial charge in [-0.25, -0.2) is 0 Å². The minimum atomic E-state index is -0.00119. The van der Waals surface area contributed by atoms with Crippen molar-refractivity contribution < 1.29 is 14.3 Å². The summed E-state index contributed by atoms with van der Waals surface area (Å²) in [6, 6.07) is 3.45. The van der Waals surface area contributed by atoms with Gasteiger partial charge in [0.1, 0.15) is 0 Å². The number of amides is 1. The molecule has 1 fully saturated rings. The Balaban J connectivity index is 2.16. The third-order valence-corrected chi connectivity index (χ3v) is 4.69. The SMILES string of the molecule is CCCCOc1c(Cl)cc(C(=O)N2CCN(CC)CC2)cc1OCC. The molecule has 1 heterocycles. The molecule has 0 unspecified atom stereocenters. The van der Waals surface area contributed by atoms with Gasteiger partial charge in [0.25, 0.3) is 5.91 Å². The number of hydrogen-bond acceptors (Lipinski definition) is 4. The molecule has 140 valence electrons. The highest BCUT2D eigenvalue weighted by atomic mass is 35.5. The third-order valence-electron chi connectivity index (χ3n) is 4.41. The number of rotatable bonds is 8. The summed E-state index contributed by atoms with van der Waals surface area (Å²) in [5.41, 5.74) is 0.557. The maximum absolute atomic E-state index is 12.8. The van der Waals surface area contributed by atoms with Crippen molar-refractivity contribution in [1.29, 1.82) is 0 Å². The van der Waals surface area contributed by atoms with Crippen molar-refractivity contribution in [3.05, 3.63) is 22.7 Å². The highest BCUT2D eigenvalue weighted by molar-refractivity contribution is 6.32. The molecular formula is C19H29ClN2O3. The van der Waals surface area contributed by atoms with Crippen LogP contribution in [0.15, 0.2) is 12.1 Å². The van der Waals surface area contributed by atoms with Crippen LogP contribution < -0.4 is 9.47 Å². The van der Waals surface area contributed by atoms with Gasteiger partial charge in [-0.1, -0.05) is 31.9 Å². The van der Waals surface area contributed by atoms with Crippen molar-refractivity contribution in [2.24, 2.45) is 0 Å². The van der Waals surface area contributed by atoms with E-state index < -0.39 is 0 Å². The summed E-state index contributed by atoms with van der Waals surface area (Å²) in [5, 5.41) is 0.428. The summed E-state index contributed by atoms with van der Waals surface area (Å²) in [5.74, 6) is 1.07. The van der Waals surface area contributed by atoms with Crippen LogP contribution in [0.2, 0.25) is 5.02 Å². The molecule has 6 heteroatoms. The van der Waals surface area contributed by atoms with E-state index in [1.165, 1.54) is 0 Å². The first-order valence-electron chi connectivity index (χ1n) is 9.21. The lowest BCUT2D eigenvalue weighted by atomic mass is 10.1. The average Bonchev–Trinajstić information content (AvgIpc) is 2.63. The lowest BCUT2D eigenvalue weighted by molar-refractivity contribution is 0.0643. The van der Waals surface area contributed by atoms with E-state index in [1.807, 2.05) is 11.8 Å². The zero-order chi connectivity index (χ0) is 18.2. The Bertz CT molecular complexity index is 572. The monoisotopic (exact) mass is 368 g/mol. The second-order valence-corrected chi connectivity index (χ2v) is 6.55. The van der Waals surface area contributed by atoms with E-state index >= 15 is 0 Å². The van der Waals surface area contributed by atoms with E-state index in [2.05, 4.69) is 18.7 Å². The fourth-order valence-electron chi connectivity index (χ4n) is 2.86. The maximum Gasteiger partial charge on any atom is 0.254 e. The number of carbonyl (C=O) groups is 1. The molecule has 0 aromatic heterocycles. The summed E-state index contributed by atoms with van der Waals surface area (Å²) < 4.78 is 11.5. The molecule has 0 aliphatic carbocycles. The average molecular weight is 369 g/mol. The quantitative estimate of drug-likeness (QED) is 0.656. The minimum Gasteiger partial charge on any atom is -0.490 e. The zero-order valence-corrected chi connectivity index (χ0v) is 16.3. The van der Waals surface area contributed by atoms with E-state index in [0.29, 0.717) is 35.3 Å². The number of halogens is 1. The Morgan fingerprint density at radius 2 is 1.84 bits per heavy atom. The number of benzene rings is 1. The molecule has 1 aliphatic rings.